The van der Waals surface area contributed by atoms with Crippen molar-refractivity contribution in [2.75, 3.05) is 7.05 Å². The first kappa shape index (κ1) is 27.5. The molecule has 0 saturated carbocycles. The van der Waals surface area contributed by atoms with Crippen LogP contribution in [0.4, 0.5) is 8.68 Å². The third kappa shape index (κ3) is 7.63. The molecule has 2 rings (SSSR count). The predicted molar refractivity (Wildman–Crippen MR) is 143 cm³/mol. The fourth-order valence-corrected chi connectivity index (χ4v) is 4.06. The fraction of sp³-hybridized carbons (Fsp3) is 0.345. The van der Waals surface area contributed by atoms with Crippen molar-refractivity contribution in [1.82, 2.24) is 4.90 Å². The third-order valence-electron chi connectivity index (χ3n) is 5.45. The maximum atomic E-state index is 13.8. The van der Waals surface area contributed by atoms with Gasteiger partial charge in [-0.05, 0) is 69.2 Å². The minimum absolute atomic E-state index is 0.209. The number of hydrogen-bond acceptors (Lipinski definition) is 3. The summed E-state index contributed by atoms with van der Waals surface area (Å²) in [6, 6.07) is 18.6. The van der Waals surface area contributed by atoms with E-state index in [1.807, 2.05) is 52.8 Å². The van der Waals surface area contributed by atoms with E-state index in [0.29, 0.717) is 17.0 Å². The minimum Gasteiger partial charge on any atom is -0.443 e. The van der Waals surface area contributed by atoms with Gasteiger partial charge in [0.15, 0.2) is 0 Å². The van der Waals surface area contributed by atoms with Crippen LogP contribution in [0.25, 0.3) is 5.57 Å². The Balaban J connectivity index is 2.42. The fourth-order valence-electron chi connectivity index (χ4n) is 3.63. The smallest absolute Gasteiger partial charge is 0.414 e. The minimum atomic E-state index is -0.632. The summed E-state index contributed by atoms with van der Waals surface area (Å²) in [6.45, 7) is 13.5. The normalized spacial score (nSPS) is 12.7. The average Bonchev–Trinajstić information content (AvgIpc) is 2.82. The zero-order valence-electron chi connectivity index (χ0n) is 21.2. The van der Waals surface area contributed by atoms with Crippen LogP contribution >= 0.6 is 12.1 Å². The Labute approximate surface area is 208 Å². The molecule has 2 aromatic rings. The van der Waals surface area contributed by atoms with Gasteiger partial charge in [-0.15, -0.1) is 0 Å². The van der Waals surface area contributed by atoms with Crippen LogP contribution in [0, 0.1) is 0 Å². The lowest BCUT2D eigenvalue weighted by molar-refractivity contribution is 0.0361. The molecule has 0 heterocycles. The van der Waals surface area contributed by atoms with Crippen LogP contribution in [0.3, 0.4) is 0 Å². The van der Waals surface area contributed by atoms with Crippen LogP contribution in [0.5, 0.6) is 0 Å². The molecule has 0 unspecified atom stereocenters. The molecule has 0 aliphatic rings. The van der Waals surface area contributed by atoms with E-state index in [1.165, 1.54) is 16.0 Å². The molecule has 3 nitrogen and oxygen atoms in total. The van der Waals surface area contributed by atoms with Crippen molar-refractivity contribution in [2.45, 2.75) is 59.5 Å². The van der Waals surface area contributed by atoms with Gasteiger partial charge in [-0.3, -0.25) is 4.90 Å². The summed E-state index contributed by atoms with van der Waals surface area (Å²) in [5, 5.41) is 0. The second-order valence-electron chi connectivity index (χ2n) is 9.11. The highest BCUT2D eigenvalue weighted by atomic mass is 32.2. The maximum Gasteiger partial charge on any atom is 0.414 e. The predicted octanol–water partition coefficient (Wildman–Crippen LogP) is 8.54. The molecule has 0 fully saturated rings. The monoisotopic (exact) mass is 481 g/mol. The highest BCUT2D eigenvalue weighted by Crippen LogP contribution is 2.38. The Kier molecular flexibility index (Phi) is 10.2. The Hall–Kier alpha value is -2.79. The van der Waals surface area contributed by atoms with E-state index in [0.717, 1.165) is 29.6 Å². The van der Waals surface area contributed by atoms with Gasteiger partial charge in [0.2, 0.25) is 0 Å². The number of amides is 1. The third-order valence-corrected chi connectivity index (χ3v) is 6.10. The Morgan fingerprint density at radius 2 is 1.62 bits per heavy atom. The van der Waals surface area contributed by atoms with Crippen LogP contribution in [-0.4, -0.2) is 23.6 Å². The van der Waals surface area contributed by atoms with E-state index in [4.69, 9.17) is 4.74 Å². The average molecular weight is 482 g/mol. The van der Waals surface area contributed by atoms with Gasteiger partial charge in [0.25, 0.3) is 0 Å². The van der Waals surface area contributed by atoms with Gasteiger partial charge in [0, 0.05) is 23.2 Å². The molecular weight excluding hydrogens is 445 g/mol. The highest BCUT2D eigenvalue weighted by molar-refractivity contribution is 7.98. The molecular formula is C29H36FNO2S. The first-order valence-corrected chi connectivity index (χ1v) is 12.3. The largest absolute Gasteiger partial charge is 0.443 e. The van der Waals surface area contributed by atoms with Crippen LogP contribution in [-0.2, 0) is 17.6 Å². The summed E-state index contributed by atoms with van der Waals surface area (Å²) in [5.41, 5.74) is 4.77. The summed E-state index contributed by atoms with van der Waals surface area (Å²) in [4.78, 5) is 14.7. The van der Waals surface area contributed by atoms with Crippen LogP contribution < -0.4 is 0 Å². The number of rotatable bonds is 9. The molecule has 2 aromatic carbocycles. The topological polar surface area (TPSA) is 29.5 Å². The molecule has 5 heteroatoms. The van der Waals surface area contributed by atoms with Gasteiger partial charge < -0.3 is 4.74 Å². The van der Waals surface area contributed by atoms with E-state index in [9.17, 15) is 8.68 Å². The van der Waals surface area contributed by atoms with E-state index < -0.39 is 11.7 Å². The number of carbonyl (C=O) groups excluding carboxylic acids is 1. The van der Waals surface area contributed by atoms with Gasteiger partial charge in [-0.1, -0.05) is 74.2 Å². The first-order chi connectivity index (χ1) is 16.1. The molecule has 0 radical (unpaired) electrons. The van der Waals surface area contributed by atoms with E-state index >= 15 is 0 Å². The number of benzene rings is 2. The SMILES string of the molecule is C=C(/C(=C(CC)\C(=C/C)SF)c1ccc(CCc2ccccc2)cc1)N(C)C(=O)OC(C)(C)C. The number of halogens is 1. The number of likely N-dealkylation sites (N-methyl/N-ethyl adjacent to an activating group) is 1. The van der Waals surface area contributed by atoms with Crippen molar-refractivity contribution in [3.63, 3.8) is 0 Å². The number of nitrogens with zero attached hydrogens (tertiary/aromatic N) is 1. The van der Waals surface area contributed by atoms with E-state index in [1.54, 1.807) is 13.1 Å². The zero-order chi connectivity index (χ0) is 25.3. The number of allylic oxidation sites excluding steroid dienone is 3. The number of ether oxygens (including phenoxy) is 1. The van der Waals surface area contributed by atoms with Crippen LogP contribution in [0.15, 0.2) is 83.4 Å². The quantitative estimate of drug-likeness (QED) is 0.336. The second-order valence-corrected chi connectivity index (χ2v) is 9.70. The zero-order valence-corrected chi connectivity index (χ0v) is 22.0. The Morgan fingerprint density at radius 3 is 2.09 bits per heavy atom. The van der Waals surface area contributed by atoms with Gasteiger partial charge in [0.05, 0.1) is 12.1 Å². The molecule has 0 spiro atoms. The van der Waals surface area contributed by atoms with Crippen molar-refractivity contribution >= 4 is 23.8 Å². The number of hydrogen-bond donors (Lipinski definition) is 0. The molecule has 0 aromatic heterocycles. The number of carbonyl (C=O) groups is 1. The summed E-state index contributed by atoms with van der Waals surface area (Å²) in [5.74, 6) is 0. The van der Waals surface area contributed by atoms with Gasteiger partial charge in [0.1, 0.15) is 5.60 Å². The van der Waals surface area contributed by atoms with E-state index in [2.05, 4.69) is 43.0 Å². The molecule has 34 heavy (non-hydrogen) atoms. The van der Waals surface area contributed by atoms with Crippen molar-refractivity contribution in [1.29, 1.82) is 0 Å². The van der Waals surface area contributed by atoms with Gasteiger partial charge in [-0.25, -0.2) is 4.79 Å². The molecule has 0 aliphatic carbocycles. The summed E-state index contributed by atoms with van der Waals surface area (Å²) < 4.78 is 19.4. The molecule has 0 atom stereocenters. The molecule has 0 aliphatic heterocycles. The van der Waals surface area contributed by atoms with Gasteiger partial charge >= 0.3 is 6.09 Å². The molecule has 0 bridgehead atoms. The summed E-state index contributed by atoms with van der Waals surface area (Å²) >= 11 is 0.209. The Morgan fingerprint density at radius 1 is 1.06 bits per heavy atom. The van der Waals surface area contributed by atoms with Crippen molar-refractivity contribution < 1.29 is 13.4 Å². The highest BCUT2D eigenvalue weighted by Gasteiger charge is 2.25. The lowest BCUT2D eigenvalue weighted by Gasteiger charge is -2.28. The van der Waals surface area contributed by atoms with Gasteiger partial charge in [-0.2, -0.15) is 3.89 Å². The first-order valence-electron chi connectivity index (χ1n) is 11.6. The lowest BCUT2D eigenvalue weighted by Crippen LogP contribution is -2.34. The molecule has 0 N–H and O–H groups in total. The Bertz CT molecular complexity index is 1030. The van der Waals surface area contributed by atoms with Crippen LogP contribution in [0.2, 0.25) is 0 Å². The summed E-state index contributed by atoms with van der Waals surface area (Å²) in [6.07, 6.45) is 3.71. The number of aryl methyl sites for hydroxylation is 2. The second kappa shape index (κ2) is 12.6. The van der Waals surface area contributed by atoms with Crippen molar-refractivity contribution in [3.8, 4) is 0 Å². The molecule has 1 amide bonds. The van der Waals surface area contributed by atoms with E-state index in [-0.39, 0.29) is 12.1 Å². The molecule has 0 saturated heterocycles. The molecule has 182 valence electrons. The maximum absolute atomic E-state index is 13.8. The van der Waals surface area contributed by atoms with Crippen molar-refractivity contribution in [3.05, 3.63) is 100 Å². The van der Waals surface area contributed by atoms with Crippen LogP contribution in [0.1, 0.15) is 57.7 Å². The standard InChI is InChI=1S/C29H36FNO2S/c1-8-25(26(9-2)34-30)27(21(3)31(7)28(32)33-29(4,5)6)24-19-17-23(18-20-24)16-15-22-13-11-10-12-14-22/h9-14,17-20H,3,8,15-16H2,1-2,4-7H3/b26-9+,27-25+. The summed E-state index contributed by atoms with van der Waals surface area (Å²) in [7, 11) is 1.63. The lowest BCUT2D eigenvalue weighted by atomic mass is 9.93. The van der Waals surface area contributed by atoms with Crippen molar-refractivity contribution in [2.24, 2.45) is 0 Å².